The van der Waals surface area contributed by atoms with Crippen LogP contribution in [0.15, 0.2) is 146 Å². The average Bonchev–Trinajstić information content (AvgIpc) is 3.18. The van der Waals surface area contributed by atoms with Crippen molar-refractivity contribution in [3.8, 4) is 22.4 Å². The number of aryl methyl sites for hydroxylation is 2. The zero-order chi connectivity index (χ0) is 38.5. The normalized spacial score (nSPS) is 11.6. The molecule has 10 nitrogen and oxygen atoms in total. The van der Waals surface area contributed by atoms with Crippen LogP contribution in [0, 0.1) is 13.8 Å². The quantitative estimate of drug-likeness (QED) is 0.0990. The molecule has 54 heavy (non-hydrogen) atoms. The van der Waals surface area contributed by atoms with Crippen LogP contribution < -0.4 is 10.6 Å². The van der Waals surface area contributed by atoms with Crippen LogP contribution in [0.4, 0.5) is 0 Å². The number of nitrogens with one attached hydrogen (secondary N) is 2. The van der Waals surface area contributed by atoms with Crippen LogP contribution >= 0.6 is 0 Å². The van der Waals surface area contributed by atoms with Gasteiger partial charge in [0.25, 0.3) is 11.8 Å². The van der Waals surface area contributed by atoms with Crippen LogP contribution in [-0.4, -0.2) is 43.9 Å². The lowest BCUT2D eigenvalue weighted by molar-refractivity contribution is -0.138. The van der Waals surface area contributed by atoms with Gasteiger partial charge < -0.3 is 20.8 Å². The molecule has 2 heterocycles. The number of hydrogen-bond donors (Lipinski definition) is 4. The molecule has 4 N–H and O–H groups in total. The molecule has 2 amide bonds. The lowest BCUT2D eigenvalue weighted by Gasteiger charge is -2.19. The van der Waals surface area contributed by atoms with Gasteiger partial charge in [-0.3, -0.25) is 24.2 Å². The molecule has 6 aromatic rings. The highest BCUT2D eigenvalue weighted by Crippen LogP contribution is 2.24. The van der Waals surface area contributed by atoms with Gasteiger partial charge in [0.1, 0.15) is 11.4 Å². The minimum atomic E-state index is -0.977. The molecule has 0 fully saturated rings. The Morgan fingerprint density at radius 2 is 1.00 bits per heavy atom. The highest BCUT2D eigenvalue weighted by molar-refractivity contribution is 5.94. The van der Waals surface area contributed by atoms with Crippen molar-refractivity contribution >= 4 is 23.8 Å². The summed E-state index contributed by atoms with van der Waals surface area (Å²) in [4.78, 5) is 56.5. The van der Waals surface area contributed by atoms with E-state index in [0.717, 1.165) is 38.9 Å². The van der Waals surface area contributed by atoms with E-state index in [1.54, 1.807) is 24.4 Å². The number of amides is 2. The van der Waals surface area contributed by atoms with E-state index in [0.29, 0.717) is 5.69 Å². The van der Waals surface area contributed by atoms with E-state index in [9.17, 15) is 29.4 Å². The number of carboxylic acids is 2. The van der Waals surface area contributed by atoms with Crippen LogP contribution in [-0.2, 0) is 9.59 Å². The van der Waals surface area contributed by atoms with Crippen LogP contribution in [0.1, 0.15) is 68.2 Å². The monoisotopic (exact) mass is 720 g/mol. The molecule has 0 bridgehead atoms. The zero-order valence-corrected chi connectivity index (χ0v) is 29.8. The number of aromatic nitrogens is 2. The number of pyridine rings is 2. The molecule has 272 valence electrons. The van der Waals surface area contributed by atoms with Gasteiger partial charge in [-0.05, 0) is 59.9 Å². The Hall–Kier alpha value is -6.94. The van der Waals surface area contributed by atoms with Crippen molar-refractivity contribution in [3.63, 3.8) is 0 Å². The van der Waals surface area contributed by atoms with E-state index in [4.69, 9.17) is 0 Å². The van der Waals surface area contributed by atoms with Crippen molar-refractivity contribution in [2.24, 2.45) is 0 Å². The predicted molar refractivity (Wildman–Crippen MR) is 207 cm³/mol. The summed E-state index contributed by atoms with van der Waals surface area (Å²) < 4.78 is 0. The molecule has 0 radical (unpaired) electrons. The van der Waals surface area contributed by atoms with Gasteiger partial charge in [-0.1, -0.05) is 121 Å². The Labute approximate surface area is 313 Å². The molecule has 0 spiro atoms. The van der Waals surface area contributed by atoms with Crippen LogP contribution in [0.2, 0.25) is 0 Å². The Bertz CT molecular complexity index is 2210. The molecule has 10 heteroatoms. The Morgan fingerprint density at radius 1 is 0.519 bits per heavy atom. The van der Waals surface area contributed by atoms with Gasteiger partial charge in [-0.15, -0.1) is 0 Å². The second kappa shape index (κ2) is 18.5. The Balaban J connectivity index is 0.000000208. The Kier molecular flexibility index (Phi) is 13.1. The van der Waals surface area contributed by atoms with Crippen molar-refractivity contribution in [1.82, 2.24) is 20.6 Å². The fourth-order valence-electron chi connectivity index (χ4n) is 5.91. The number of aliphatic carboxylic acids is 2. The number of carboxylic acid groups (broad SMARTS) is 2. The van der Waals surface area contributed by atoms with Crippen LogP contribution in [0.5, 0.6) is 0 Å². The molecule has 0 saturated heterocycles. The second-order valence-corrected chi connectivity index (χ2v) is 12.5. The van der Waals surface area contributed by atoms with E-state index < -0.39 is 35.8 Å². The lowest BCUT2D eigenvalue weighted by atomic mass is 9.98. The van der Waals surface area contributed by atoms with E-state index >= 15 is 0 Å². The number of hydrogen-bond acceptors (Lipinski definition) is 6. The molecule has 0 aliphatic heterocycles. The molecule has 0 unspecified atom stereocenters. The zero-order valence-electron chi connectivity index (χ0n) is 29.8. The van der Waals surface area contributed by atoms with E-state index in [1.807, 2.05) is 135 Å². The molecule has 0 aliphatic rings. The molecule has 0 saturated carbocycles. The maximum atomic E-state index is 12.7. The number of rotatable bonds is 12. The van der Waals surface area contributed by atoms with Crippen LogP contribution in [0.25, 0.3) is 22.4 Å². The summed E-state index contributed by atoms with van der Waals surface area (Å²) in [6.45, 7) is 3.79. The highest BCUT2D eigenvalue weighted by Gasteiger charge is 2.22. The molecule has 0 aliphatic carbocycles. The maximum absolute atomic E-state index is 12.7. The molecular weight excluding hydrogens is 681 g/mol. The summed E-state index contributed by atoms with van der Waals surface area (Å²) in [6.07, 6.45) is 1.25. The van der Waals surface area contributed by atoms with Crippen molar-refractivity contribution in [1.29, 1.82) is 0 Å². The molecule has 6 rings (SSSR count). The third kappa shape index (κ3) is 10.5. The predicted octanol–water partition coefficient (Wildman–Crippen LogP) is 8.01. The highest BCUT2D eigenvalue weighted by atomic mass is 16.4. The van der Waals surface area contributed by atoms with Gasteiger partial charge in [0.05, 0.1) is 30.6 Å². The standard InChI is InChI=1S/2C22H20N2O3/c1-15-8-5-6-11-17(15)20(14-21(25)26)24-22(27)19-13-7-12-18(23-19)16-9-3-2-4-10-16;1-15-7-5-6-10-18(15)20(13-21(25)26)24-22(27)19-12-11-17(14-23-19)16-8-3-2-4-9-16/h2-13,20H,14H2,1H3,(H,24,27)(H,25,26);2-12,14,20H,13H2,1H3,(H,24,27)(H,25,26)/t2*20-/m00/s1. The first kappa shape index (κ1) is 38.3. The fourth-order valence-corrected chi connectivity index (χ4v) is 5.91. The second-order valence-electron chi connectivity index (χ2n) is 12.5. The van der Waals surface area contributed by atoms with Gasteiger partial charge in [0.15, 0.2) is 0 Å². The van der Waals surface area contributed by atoms with E-state index in [2.05, 4.69) is 20.6 Å². The summed E-state index contributed by atoms with van der Waals surface area (Å²) in [5, 5.41) is 24.1. The first-order chi connectivity index (χ1) is 26.1. The number of benzene rings is 4. The van der Waals surface area contributed by atoms with Gasteiger partial charge in [-0.25, -0.2) is 4.98 Å². The topological polar surface area (TPSA) is 159 Å². The molecule has 2 atom stereocenters. The summed E-state index contributed by atoms with van der Waals surface area (Å²) >= 11 is 0. The van der Waals surface area contributed by atoms with Gasteiger partial charge in [-0.2, -0.15) is 0 Å². The molecule has 2 aromatic heterocycles. The van der Waals surface area contributed by atoms with E-state index in [1.165, 1.54) is 0 Å². The lowest BCUT2D eigenvalue weighted by Crippen LogP contribution is -2.31. The van der Waals surface area contributed by atoms with Gasteiger partial charge in [0, 0.05) is 17.3 Å². The third-order valence-electron chi connectivity index (χ3n) is 8.65. The minimum absolute atomic E-state index is 0.196. The summed E-state index contributed by atoms with van der Waals surface area (Å²) in [5.41, 5.74) is 7.45. The number of carbonyl (C=O) groups is 4. The molecule has 4 aromatic carbocycles. The van der Waals surface area contributed by atoms with Gasteiger partial charge in [0.2, 0.25) is 0 Å². The van der Waals surface area contributed by atoms with E-state index in [-0.39, 0.29) is 24.2 Å². The average molecular weight is 721 g/mol. The summed E-state index contributed by atoms with van der Waals surface area (Å²) in [6, 6.07) is 41.6. The smallest absolute Gasteiger partial charge is 0.305 e. The summed E-state index contributed by atoms with van der Waals surface area (Å²) in [7, 11) is 0. The van der Waals surface area contributed by atoms with Crippen molar-refractivity contribution in [3.05, 3.63) is 179 Å². The summed E-state index contributed by atoms with van der Waals surface area (Å²) in [5.74, 6) is -2.75. The number of carbonyl (C=O) groups excluding carboxylic acids is 2. The van der Waals surface area contributed by atoms with Crippen molar-refractivity contribution in [2.45, 2.75) is 38.8 Å². The van der Waals surface area contributed by atoms with Crippen molar-refractivity contribution < 1.29 is 29.4 Å². The third-order valence-corrected chi connectivity index (χ3v) is 8.65. The fraction of sp³-hybridized carbons (Fsp3) is 0.136. The van der Waals surface area contributed by atoms with Crippen LogP contribution in [0.3, 0.4) is 0 Å². The first-order valence-corrected chi connectivity index (χ1v) is 17.3. The Morgan fingerprint density at radius 3 is 1.48 bits per heavy atom. The maximum Gasteiger partial charge on any atom is 0.305 e. The SMILES string of the molecule is Cc1ccccc1[C@H](CC(=O)O)NC(=O)c1ccc(-c2ccccc2)cn1.Cc1ccccc1[C@H](CC(=O)O)NC(=O)c1cccc(-c2ccccc2)n1. The first-order valence-electron chi connectivity index (χ1n) is 17.3. The molecular formula is C44H40N4O6. The minimum Gasteiger partial charge on any atom is -0.481 e. The van der Waals surface area contributed by atoms with Crippen molar-refractivity contribution in [2.75, 3.05) is 0 Å². The largest absolute Gasteiger partial charge is 0.481 e. The number of nitrogens with zero attached hydrogens (tertiary/aromatic N) is 2. The van der Waals surface area contributed by atoms with Gasteiger partial charge >= 0.3 is 11.9 Å².